The molecule has 0 saturated heterocycles. The molecule has 1 aliphatic carbocycles. The maximum atomic E-state index is 11.4. The normalized spacial score (nSPS) is 17.1. The van der Waals surface area contributed by atoms with Gasteiger partial charge < -0.3 is 15.6 Å². The number of carbonyl (C=O) groups is 1. The highest BCUT2D eigenvalue weighted by Crippen LogP contribution is 2.41. The minimum absolute atomic E-state index is 0.176. The van der Waals surface area contributed by atoms with E-state index < -0.39 is 17.1 Å². The van der Waals surface area contributed by atoms with Crippen LogP contribution in [0.4, 0.5) is 5.82 Å². The Kier molecular flexibility index (Phi) is 3.69. The fourth-order valence-corrected chi connectivity index (χ4v) is 2.41. The molecule has 1 unspecified atom stereocenters. The molecule has 1 saturated carbocycles. The number of aromatic nitrogens is 2. The first-order valence-electron chi connectivity index (χ1n) is 6.09. The molecule has 0 aromatic carbocycles. The van der Waals surface area contributed by atoms with Crippen LogP contribution in [0, 0.1) is 5.92 Å². The Balaban J connectivity index is 2.34. The molecule has 1 aromatic heterocycles. The van der Waals surface area contributed by atoms with E-state index in [0.29, 0.717) is 11.7 Å². The fraction of sp³-hybridized carbons (Fsp3) is 0.583. The molecule has 1 atom stereocenters. The summed E-state index contributed by atoms with van der Waals surface area (Å²) in [6.45, 7) is 4.11. The van der Waals surface area contributed by atoms with Crippen molar-refractivity contribution in [3.05, 3.63) is 11.8 Å². The van der Waals surface area contributed by atoms with Crippen LogP contribution in [0.5, 0.6) is 0 Å². The standard InChI is InChI=1S/C12H18N4O2S/c1-12(2,7-4-5-7)16-10-8(9(13)17)6-14-11(15-10)19(3)18/h6-7H,4-5H2,1-3H3,(H2,13,17)(H,14,15,16). The number of anilines is 1. The van der Waals surface area contributed by atoms with Gasteiger partial charge in [-0.3, -0.25) is 4.79 Å². The molecule has 104 valence electrons. The third-order valence-corrected chi connectivity index (χ3v) is 4.04. The predicted octanol–water partition coefficient (Wildman–Crippen LogP) is 0.913. The number of hydrogen-bond acceptors (Lipinski definition) is 5. The Hall–Kier alpha value is -1.34. The topological polar surface area (TPSA) is 104 Å². The van der Waals surface area contributed by atoms with E-state index in [1.54, 1.807) is 0 Å². The van der Waals surface area contributed by atoms with Crippen LogP contribution in [0.1, 0.15) is 37.0 Å². The zero-order chi connectivity index (χ0) is 14.2. The quantitative estimate of drug-likeness (QED) is 0.617. The summed E-state index contributed by atoms with van der Waals surface area (Å²) in [5.74, 6) is 0.325. The van der Waals surface area contributed by atoms with Gasteiger partial charge >= 0.3 is 5.16 Å². The lowest BCUT2D eigenvalue weighted by Crippen LogP contribution is -2.35. The highest BCUT2D eigenvalue weighted by atomic mass is 32.2. The summed E-state index contributed by atoms with van der Waals surface area (Å²) in [5.41, 5.74) is 5.37. The monoisotopic (exact) mass is 282 g/mol. The highest BCUT2D eigenvalue weighted by molar-refractivity contribution is 7.90. The molecule has 19 heavy (non-hydrogen) atoms. The number of hydrogen-bond donors (Lipinski definition) is 2. The van der Waals surface area contributed by atoms with Crippen LogP contribution in [0.3, 0.4) is 0 Å². The van der Waals surface area contributed by atoms with Crippen molar-refractivity contribution in [2.45, 2.75) is 37.4 Å². The summed E-state index contributed by atoms with van der Waals surface area (Å²) in [4.78, 5) is 19.5. The Bertz CT molecular complexity index is 501. The average Bonchev–Trinajstić information content (AvgIpc) is 3.11. The fourth-order valence-electron chi connectivity index (χ4n) is 1.99. The average molecular weight is 282 g/mol. The van der Waals surface area contributed by atoms with E-state index in [1.807, 2.05) is 0 Å². The SMILES string of the molecule is C[S+]([O-])c1ncc(C(N)=O)c(NC(C)(C)C2CC2)n1. The van der Waals surface area contributed by atoms with Gasteiger partial charge in [0.1, 0.15) is 17.6 Å². The van der Waals surface area contributed by atoms with E-state index in [4.69, 9.17) is 5.73 Å². The van der Waals surface area contributed by atoms with Gasteiger partial charge in [0.2, 0.25) is 0 Å². The van der Waals surface area contributed by atoms with Gasteiger partial charge in [-0.25, -0.2) is 0 Å². The van der Waals surface area contributed by atoms with E-state index in [0.717, 1.165) is 12.8 Å². The van der Waals surface area contributed by atoms with Crippen LogP contribution in [0.25, 0.3) is 0 Å². The summed E-state index contributed by atoms with van der Waals surface area (Å²) < 4.78 is 11.4. The number of primary amides is 1. The molecule has 2 rings (SSSR count). The van der Waals surface area contributed by atoms with Crippen LogP contribution in [0.2, 0.25) is 0 Å². The number of nitrogens with zero attached hydrogens (tertiary/aromatic N) is 2. The summed E-state index contributed by atoms with van der Waals surface area (Å²) in [7, 11) is 0. The van der Waals surface area contributed by atoms with Gasteiger partial charge in [0.25, 0.3) is 5.91 Å². The Morgan fingerprint density at radius 2 is 2.21 bits per heavy atom. The van der Waals surface area contributed by atoms with Crippen LogP contribution >= 0.6 is 0 Å². The second kappa shape index (κ2) is 4.97. The number of nitrogens with one attached hydrogen (secondary N) is 1. The molecule has 1 aliphatic rings. The number of amides is 1. The molecule has 0 radical (unpaired) electrons. The highest BCUT2D eigenvalue weighted by Gasteiger charge is 2.38. The maximum Gasteiger partial charge on any atom is 0.344 e. The Labute approximate surface area is 115 Å². The summed E-state index contributed by atoms with van der Waals surface area (Å²) in [6.07, 6.45) is 5.14. The Morgan fingerprint density at radius 3 is 2.68 bits per heavy atom. The molecule has 7 heteroatoms. The molecule has 1 heterocycles. The van der Waals surface area contributed by atoms with E-state index in [-0.39, 0.29) is 16.3 Å². The van der Waals surface area contributed by atoms with E-state index in [1.165, 1.54) is 12.5 Å². The lowest BCUT2D eigenvalue weighted by molar-refractivity contribution is 0.1000. The predicted molar refractivity (Wildman–Crippen MR) is 73.3 cm³/mol. The second-order valence-electron chi connectivity index (χ2n) is 5.35. The van der Waals surface area contributed by atoms with Gasteiger partial charge in [0, 0.05) is 16.7 Å². The zero-order valence-electron chi connectivity index (χ0n) is 11.3. The molecule has 1 fully saturated rings. The van der Waals surface area contributed by atoms with Crippen LogP contribution in [0.15, 0.2) is 11.4 Å². The number of nitrogens with two attached hydrogens (primary N) is 1. The number of rotatable bonds is 5. The zero-order valence-corrected chi connectivity index (χ0v) is 12.1. The minimum atomic E-state index is -1.30. The smallest absolute Gasteiger partial charge is 0.344 e. The van der Waals surface area contributed by atoms with E-state index in [9.17, 15) is 9.35 Å². The molecular weight excluding hydrogens is 264 g/mol. The first kappa shape index (κ1) is 14.1. The maximum absolute atomic E-state index is 11.4. The van der Waals surface area contributed by atoms with Crippen LogP contribution in [-0.2, 0) is 11.2 Å². The van der Waals surface area contributed by atoms with Gasteiger partial charge in [0.05, 0.1) is 6.20 Å². The third kappa shape index (κ3) is 3.16. The molecule has 0 aliphatic heterocycles. The molecule has 0 bridgehead atoms. The summed E-state index contributed by atoms with van der Waals surface area (Å²) in [5, 5.41) is 3.43. The van der Waals surface area contributed by atoms with Crippen LogP contribution < -0.4 is 11.1 Å². The van der Waals surface area contributed by atoms with Crippen molar-refractivity contribution in [3.63, 3.8) is 0 Å². The lowest BCUT2D eigenvalue weighted by Gasteiger charge is -2.27. The van der Waals surface area contributed by atoms with Crippen molar-refractivity contribution >= 4 is 22.9 Å². The first-order valence-corrected chi connectivity index (χ1v) is 7.65. The van der Waals surface area contributed by atoms with Crippen molar-refractivity contribution in [3.8, 4) is 0 Å². The van der Waals surface area contributed by atoms with Crippen molar-refractivity contribution in [1.29, 1.82) is 0 Å². The molecule has 0 spiro atoms. The molecule has 1 aromatic rings. The van der Waals surface area contributed by atoms with Crippen LogP contribution in [-0.4, -0.2) is 32.2 Å². The molecule has 6 nitrogen and oxygen atoms in total. The molecular formula is C12H18N4O2S. The van der Waals surface area contributed by atoms with E-state index >= 15 is 0 Å². The van der Waals surface area contributed by atoms with E-state index in [2.05, 4.69) is 29.1 Å². The minimum Gasteiger partial charge on any atom is -0.609 e. The van der Waals surface area contributed by atoms with Crippen molar-refractivity contribution in [1.82, 2.24) is 9.97 Å². The summed E-state index contributed by atoms with van der Waals surface area (Å²) >= 11 is -1.30. The largest absolute Gasteiger partial charge is 0.609 e. The molecule has 1 amide bonds. The molecule has 3 N–H and O–H groups in total. The third-order valence-electron chi connectivity index (χ3n) is 3.33. The Morgan fingerprint density at radius 1 is 1.58 bits per heavy atom. The van der Waals surface area contributed by atoms with Gasteiger partial charge in [-0.1, -0.05) is 0 Å². The van der Waals surface area contributed by atoms with Crippen molar-refractivity contribution < 1.29 is 9.35 Å². The van der Waals surface area contributed by atoms with Gasteiger partial charge in [-0.15, -0.1) is 0 Å². The van der Waals surface area contributed by atoms with Gasteiger partial charge in [0.15, 0.2) is 0 Å². The second-order valence-corrected chi connectivity index (χ2v) is 6.63. The van der Waals surface area contributed by atoms with Gasteiger partial charge in [-0.2, -0.15) is 9.97 Å². The first-order chi connectivity index (χ1) is 8.81. The van der Waals surface area contributed by atoms with Crippen molar-refractivity contribution in [2.24, 2.45) is 11.7 Å². The lowest BCUT2D eigenvalue weighted by atomic mass is 9.98. The van der Waals surface area contributed by atoms with Gasteiger partial charge in [-0.05, 0) is 32.6 Å². The number of carbonyl (C=O) groups excluding carboxylic acids is 1. The van der Waals surface area contributed by atoms with Crippen molar-refractivity contribution in [2.75, 3.05) is 11.6 Å². The summed E-state index contributed by atoms with van der Waals surface area (Å²) in [6, 6.07) is 0.